The molecule has 6 aliphatic rings. The molecule has 50 heavy (non-hydrogen) atoms. The molecule has 254 valence electrons. The second kappa shape index (κ2) is 12.6. The minimum Gasteiger partial charge on any atom is -0.372 e. The molecule has 2 aromatic heterocycles. The molecule has 0 spiro atoms. The molecule has 0 aliphatic carbocycles. The van der Waals surface area contributed by atoms with E-state index in [9.17, 15) is 9.59 Å². The van der Waals surface area contributed by atoms with E-state index in [-0.39, 0.29) is 24.2 Å². The first kappa shape index (κ1) is 31.3. The number of fused-ring (bicyclic) bond motifs is 8. The fourth-order valence-corrected chi connectivity index (χ4v) is 9.97. The number of nitrogens with one attached hydrogen (secondary N) is 2. The molecule has 8 heterocycles. The Morgan fingerprint density at radius 3 is 1.50 bits per heavy atom. The molecule has 6 saturated heterocycles. The van der Waals surface area contributed by atoms with Crippen LogP contribution in [0.3, 0.4) is 0 Å². The molecule has 3 aromatic carbocycles. The van der Waals surface area contributed by atoms with Crippen molar-refractivity contribution in [3.63, 3.8) is 0 Å². The van der Waals surface area contributed by atoms with Crippen LogP contribution in [0.1, 0.15) is 48.9 Å². The Morgan fingerprint density at radius 2 is 1.10 bits per heavy atom. The van der Waals surface area contributed by atoms with E-state index in [0.29, 0.717) is 35.0 Å². The molecule has 6 aliphatic heterocycles. The molecule has 2 N–H and O–H groups in total. The average Bonchev–Trinajstić information content (AvgIpc) is 3.19. The third kappa shape index (κ3) is 5.11. The maximum atomic E-state index is 13.7. The zero-order valence-electron chi connectivity index (χ0n) is 28.4. The van der Waals surface area contributed by atoms with Crippen LogP contribution in [-0.4, -0.2) is 58.0 Å². The van der Waals surface area contributed by atoms with Gasteiger partial charge in [0.1, 0.15) is 11.4 Å². The first-order chi connectivity index (χ1) is 24.5. The summed E-state index contributed by atoms with van der Waals surface area (Å²) in [7, 11) is 0. The van der Waals surface area contributed by atoms with Gasteiger partial charge in [-0.2, -0.15) is 0 Å². The van der Waals surface area contributed by atoms with Crippen LogP contribution in [0.5, 0.6) is 0 Å². The summed E-state index contributed by atoms with van der Waals surface area (Å²) in [5, 5.41) is 9.60. The highest BCUT2D eigenvalue weighted by molar-refractivity contribution is 5.85. The van der Waals surface area contributed by atoms with Gasteiger partial charge in [0.25, 0.3) is 10.9 Å². The van der Waals surface area contributed by atoms with Gasteiger partial charge in [0.05, 0.1) is 23.1 Å². The van der Waals surface area contributed by atoms with Crippen LogP contribution in [-0.2, 0) is 0 Å². The molecule has 0 radical (unpaired) electrons. The van der Waals surface area contributed by atoms with Crippen LogP contribution >= 0.6 is 0 Å². The highest BCUT2D eigenvalue weighted by Crippen LogP contribution is 2.46. The third-order valence-electron chi connectivity index (χ3n) is 12.6. The standard InChI is InChI=1S/C42H44N6O2/c1-3-25-23-47-19-15-27(25)21-35(47)37(31-13-17-43-33-11-7-5-9-29(31)33)45-39-40(42(50)41(39)49)46-38(32-14-18-44-34-12-8-6-10-30(32)34)36-22-28-16-20-48(36)24-26(28)4-2/h3-14,17-18,25-28,35-38,45-46H,1-2,15-16,19-24H2/t25?,26?,27?,28?,35-,36-,37-,38-/m0/s1. The van der Waals surface area contributed by atoms with Crippen LogP contribution in [0.4, 0.5) is 11.4 Å². The van der Waals surface area contributed by atoms with Crippen molar-refractivity contribution < 1.29 is 0 Å². The number of rotatable bonds is 10. The molecular weight excluding hydrogens is 621 g/mol. The fraction of sp³-hybridized carbons (Fsp3) is 0.381. The summed E-state index contributed by atoms with van der Waals surface area (Å²) in [5.74, 6) is 2.03. The largest absolute Gasteiger partial charge is 0.372 e. The minimum absolute atomic E-state index is 0.156. The van der Waals surface area contributed by atoms with Crippen LogP contribution in [0.15, 0.2) is 108 Å². The molecule has 6 fully saturated rings. The molecular formula is C42H44N6O2. The maximum absolute atomic E-state index is 13.7. The summed E-state index contributed by atoms with van der Waals surface area (Å²) in [6.07, 6.45) is 12.3. The van der Waals surface area contributed by atoms with E-state index < -0.39 is 10.9 Å². The summed E-state index contributed by atoms with van der Waals surface area (Å²) in [5.41, 5.74) is 3.93. The van der Waals surface area contributed by atoms with Crippen LogP contribution < -0.4 is 21.5 Å². The number of nitrogens with zero attached hydrogens (tertiary/aromatic N) is 4. The molecule has 10 atom stereocenters. The highest BCUT2D eigenvalue weighted by Gasteiger charge is 2.46. The lowest BCUT2D eigenvalue weighted by Crippen LogP contribution is -2.57. The average molecular weight is 665 g/mol. The molecule has 4 bridgehead atoms. The van der Waals surface area contributed by atoms with E-state index in [1.807, 2.05) is 48.8 Å². The van der Waals surface area contributed by atoms with Crippen molar-refractivity contribution in [1.82, 2.24) is 19.8 Å². The van der Waals surface area contributed by atoms with Gasteiger partial charge >= 0.3 is 0 Å². The number of aromatic nitrogens is 2. The van der Waals surface area contributed by atoms with Gasteiger partial charge in [0.15, 0.2) is 0 Å². The number of piperidine rings is 6. The molecule has 6 unspecified atom stereocenters. The maximum Gasteiger partial charge on any atom is 0.253 e. The van der Waals surface area contributed by atoms with Crippen molar-refractivity contribution in [3.8, 4) is 0 Å². The third-order valence-corrected chi connectivity index (χ3v) is 12.6. The van der Waals surface area contributed by atoms with E-state index in [4.69, 9.17) is 0 Å². The molecule has 0 saturated carbocycles. The predicted molar refractivity (Wildman–Crippen MR) is 201 cm³/mol. The molecule has 5 aromatic rings. The SMILES string of the molecule is C=CC1CN2CCC1C[C@H]2[C@@H](Nc1c(N[C@@H](c2ccnc3ccccc23)[C@@H]2CC3CCN2CC3C=C)c(=O)c1=O)c1ccnc2ccccc12. The van der Waals surface area contributed by atoms with Crippen molar-refractivity contribution in [1.29, 1.82) is 0 Å². The lowest BCUT2D eigenvalue weighted by Gasteiger charge is -2.52. The van der Waals surface area contributed by atoms with E-state index in [1.165, 1.54) is 0 Å². The molecule has 0 amide bonds. The Morgan fingerprint density at radius 1 is 0.660 bits per heavy atom. The van der Waals surface area contributed by atoms with Crippen LogP contribution in [0.2, 0.25) is 0 Å². The van der Waals surface area contributed by atoms with E-state index in [0.717, 1.165) is 84.8 Å². The monoisotopic (exact) mass is 664 g/mol. The molecule has 11 rings (SSSR count). The van der Waals surface area contributed by atoms with E-state index in [1.54, 1.807) is 0 Å². The van der Waals surface area contributed by atoms with Crippen molar-refractivity contribution >= 4 is 33.2 Å². The van der Waals surface area contributed by atoms with E-state index >= 15 is 0 Å². The summed E-state index contributed by atoms with van der Waals surface area (Å²) in [6, 6.07) is 20.5. The number of pyridine rings is 2. The van der Waals surface area contributed by atoms with Gasteiger partial charge in [-0.3, -0.25) is 29.4 Å². The summed E-state index contributed by atoms with van der Waals surface area (Å²) in [4.78, 5) is 41.8. The second-order valence-corrected chi connectivity index (χ2v) is 15.0. The summed E-state index contributed by atoms with van der Waals surface area (Å²) in [6.45, 7) is 12.2. The van der Waals surface area contributed by atoms with Crippen molar-refractivity contribution in [2.75, 3.05) is 36.8 Å². The minimum atomic E-state index is -0.452. The van der Waals surface area contributed by atoms with Crippen LogP contribution in [0.25, 0.3) is 21.8 Å². The van der Waals surface area contributed by atoms with Gasteiger partial charge < -0.3 is 10.6 Å². The smallest absolute Gasteiger partial charge is 0.253 e. The van der Waals surface area contributed by atoms with Gasteiger partial charge in [-0.05, 0) is 97.8 Å². The topological polar surface area (TPSA) is 90.5 Å². The predicted octanol–water partition coefficient (Wildman–Crippen LogP) is 6.48. The van der Waals surface area contributed by atoms with Gasteiger partial charge in [-0.1, -0.05) is 48.6 Å². The Hall–Kier alpha value is -4.66. The van der Waals surface area contributed by atoms with E-state index in [2.05, 4.69) is 80.0 Å². The van der Waals surface area contributed by atoms with Gasteiger partial charge in [-0.25, -0.2) is 0 Å². The number of anilines is 2. The zero-order valence-corrected chi connectivity index (χ0v) is 28.4. The Balaban J connectivity index is 1.12. The summed E-state index contributed by atoms with van der Waals surface area (Å²) < 4.78 is 0. The van der Waals surface area contributed by atoms with Crippen molar-refractivity contribution in [2.45, 2.75) is 49.9 Å². The lowest BCUT2D eigenvalue weighted by atomic mass is 9.72. The quantitative estimate of drug-likeness (QED) is 0.130. The van der Waals surface area contributed by atoms with Gasteiger partial charge in [-0.15, -0.1) is 13.2 Å². The number of para-hydroxylation sites is 2. The Bertz CT molecular complexity index is 2010. The number of benzene rings is 2. The number of hydrogen-bond donors (Lipinski definition) is 2. The Labute approximate surface area is 292 Å². The van der Waals surface area contributed by atoms with Gasteiger partial charge in [0.2, 0.25) is 0 Å². The second-order valence-electron chi connectivity index (χ2n) is 15.0. The molecule has 8 heteroatoms. The molecule has 8 nitrogen and oxygen atoms in total. The lowest BCUT2D eigenvalue weighted by molar-refractivity contribution is 0.0102. The van der Waals surface area contributed by atoms with Gasteiger partial charge in [0, 0.05) is 48.3 Å². The normalized spacial score (nSPS) is 29.9. The fourth-order valence-electron chi connectivity index (χ4n) is 9.97. The number of hydrogen-bond acceptors (Lipinski definition) is 8. The summed E-state index contributed by atoms with van der Waals surface area (Å²) >= 11 is 0. The first-order valence-corrected chi connectivity index (χ1v) is 18.3. The highest BCUT2D eigenvalue weighted by atomic mass is 16.2. The van der Waals surface area contributed by atoms with Crippen molar-refractivity contribution in [3.05, 3.63) is 130 Å². The van der Waals surface area contributed by atoms with Crippen LogP contribution in [0, 0.1) is 23.7 Å². The zero-order chi connectivity index (χ0) is 33.9. The Kier molecular flexibility index (Phi) is 7.89. The first-order valence-electron chi connectivity index (χ1n) is 18.3. The van der Waals surface area contributed by atoms with Crippen molar-refractivity contribution in [2.24, 2.45) is 23.7 Å².